The largest absolute Gasteiger partial charge is 0.435 e. The minimum atomic E-state index is 0.624. The van der Waals surface area contributed by atoms with Crippen LogP contribution < -0.4 is 4.90 Å². The first kappa shape index (κ1) is 32.0. The highest BCUT2D eigenvalue weighted by Gasteiger charge is 2.21. The summed E-state index contributed by atoms with van der Waals surface area (Å²) in [6.45, 7) is 0. The molecule has 262 valence electrons. The standard InChI is InChI=1S/C53H34N2O/c1-4-14-35(15-5-1)47-33-40-28-31-49-52(56-53(54-49)38-17-6-2-7-18-38)51(40)45-30-29-42(34-48(45)47)55(41-19-8-3-9-20-41)50-23-13-12-22-44(50)39-27-26-37-25-24-36-16-10-11-21-43(36)46(37)32-39/h1-34H. The van der Waals surface area contributed by atoms with Crippen molar-refractivity contribution in [3.8, 4) is 33.7 Å². The summed E-state index contributed by atoms with van der Waals surface area (Å²) in [5.74, 6) is 0.624. The van der Waals surface area contributed by atoms with Crippen molar-refractivity contribution >= 4 is 71.3 Å². The first-order valence-corrected chi connectivity index (χ1v) is 19.0. The lowest BCUT2D eigenvalue weighted by Crippen LogP contribution is -2.11. The van der Waals surface area contributed by atoms with Gasteiger partial charge in [0.05, 0.1) is 5.69 Å². The van der Waals surface area contributed by atoms with Gasteiger partial charge in [-0.25, -0.2) is 4.98 Å². The molecule has 0 saturated heterocycles. The number of hydrogen-bond donors (Lipinski definition) is 0. The molecule has 0 aliphatic heterocycles. The fraction of sp³-hybridized carbons (Fsp3) is 0. The number of para-hydroxylation sites is 2. The predicted molar refractivity (Wildman–Crippen MR) is 235 cm³/mol. The molecule has 11 aromatic rings. The number of benzene rings is 10. The Morgan fingerprint density at radius 1 is 0.375 bits per heavy atom. The normalized spacial score (nSPS) is 11.6. The van der Waals surface area contributed by atoms with E-state index in [0.29, 0.717) is 5.89 Å². The first-order valence-electron chi connectivity index (χ1n) is 19.0. The van der Waals surface area contributed by atoms with Gasteiger partial charge in [0.1, 0.15) is 5.52 Å². The third-order valence-corrected chi connectivity index (χ3v) is 11.0. The maximum atomic E-state index is 6.64. The van der Waals surface area contributed by atoms with Crippen LogP contribution in [0, 0.1) is 0 Å². The highest BCUT2D eigenvalue weighted by molar-refractivity contribution is 6.22. The van der Waals surface area contributed by atoms with Crippen molar-refractivity contribution in [2.45, 2.75) is 0 Å². The molecule has 0 fully saturated rings. The molecule has 0 spiro atoms. The molecule has 56 heavy (non-hydrogen) atoms. The third kappa shape index (κ3) is 5.32. The molecule has 0 aliphatic rings. The van der Waals surface area contributed by atoms with E-state index in [0.717, 1.165) is 66.4 Å². The number of rotatable bonds is 6. The van der Waals surface area contributed by atoms with E-state index in [4.69, 9.17) is 9.40 Å². The van der Waals surface area contributed by atoms with Crippen LogP contribution in [0.3, 0.4) is 0 Å². The van der Waals surface area contributed by atoms with Gasteiger partial charge in [-0.3, -0.25) is 0 Å². The van der Waals surface area contributed by atoms with E-state index in [9.17, 15) is 0 Å². The van der Waals surface area contributed by atoms with Gasteiger partial charge < -0.3 is 9.32 Å². The second kappa shape index (κ2) is 13.1. The summed E-state index contributed by atoms with van der Waals surface area (Å²) >= 11 is 0. The third-order valence-electron chi connectivity index (χ3n) is 11.0. The smallest absolute Gasteiger partial charge is 0.227 e. The molecule has 0 unspecified atom stereocenters. The van der Waals surface area contributed by atoms with Crippen LogP contribution in [0.2, 0.25) is 0 Å². The zero-order chi connectivity index (χ0) is 37.0. The SMILES string of the molecule is c1ccc(-c2nc3ccc4cc(-c5ccccc5)c5cc(N(c6ccccc6)c6ccccc6-c6ccc7ccc8ccccc8c7c6)ccc5c4c3o2)cc1. The van der Waals surface area contributed by atoms with Crippen LogP contribution in [-0.4, -0.2) is 4.98 Å². The molecule has 0 N–H and O–H groups in total. The average Bonchev–Trinajstić information content (AvgIpc) is 3.72. The van der Waals surface area contributed by atoms with Crippen LogP contribution in [0.5, 0.6) is 0 Å². The summed E-state index contributed by atoms with van der Waals surface area (Å²) in [5.41, 5.74) is 10.5. The maximum Gasteiger partial charge on any atom is 0.227 e. The summed E-state index contributed by atoms with van der Waals surface area (Å²) in [5, 5.41) is 9.42. The summed E-state index contributed by atoms with van der Waals surface area (Å²) in [6, 6.07) is 73.6. The van der Waals surface area contributed by atoms with Crippen LogP contribution in [0.4, 0.5) is 17.1 Å². The van der Waals surface area contributed by atoms with Gasteiger partial charge in [-0.1, -0.05) is 146 Å². The summed E-state index contributed by atoms with van der Waals surface area (Å²) in [7, 11) is 0. The van der Waals surface area contributed by atoms with E-state index in [2.05, 4.69) is 181 Å². The van der Waals surface area contributed by atoms with E-state index in [1.165, 1.54) is 32.7 Å². The minimum Gasteiger partial charge on any atom is -0.435 e. The lowest BCUT2D eigenvalue weighted by Gasteiger charge is -2.28. The number of oxazole rings is 1. The molecule has 0 saturated carbocycles. The van der Waals surface area contributed by atoms with Crippen LogP contribution in [0.1, 0.15) is 0 Å². The number of aromatic nitrogens is 1. The second-order valence-corrected chi connectivity index (χ2v) is 14.3. The van der Waals surface area contributed by atoms with Crippen LogP contribution >= 0.6 is 0 Å². The highest BCUT2D eigenvalue weighted by atomic mass is 16.3. The molecule has 0 aliphatic carbocycles. The van der Waals surface area contributed by atoms with Gasteiger partial charge in [-0.05, 0) is 115 Å². The number of nitrogens with zero attached hydrogens (tertiary/aromatic N) is 2. The van der Waals surface area contributed by atoms with Gasteiger partial charge in [-0.2, -0.15) is 0 Å². The Bertz CT molecular complexity index is 3240. The van der Waals surface area contributed by atoms with Crippen LogP contribution in [-0.2, 0) is 0 Å². The zero-order valence-electron chi connectivity index (χ0n) is 30.4. The maximum absolute atomic E-state index is 6.64. The molecule has 1 heterocycles. The minimum absolute atomic E-state index is 0.624. The van der Waals surface area contributed by atoms with Crippen molar-refractivity contribution < 1.29 is 4.42 Å². The van der Waals surface area contributed by atoms with Gasteiger partial charge in [0, 0.05) is 27.9 Å². The van der Waals surface area contributed by atoms with Crippen molar-refractivity contribution in [2.24, 2.45) is 0 Å². The van der Waals surface area contributed by atoms with Crippen LogP contribution in [0.25, 0.3) is 87.9 Å². The molecule has 0 amide bonds. The van der Waals surface area contributed by atoms with Gasteiger partial charge in [0.2, 0.25) is 5.89 Å². The molecule has 11 rings (SSSR count). The molecular weight excluding hydrogens is 681 g/mol. The zero-order valence-corrected chi connectivity index (χ0v) is 30.4. The van der Waals surface area contributed by atoms with Gasteiger partial charge >= 0.3 is 0 Å². The van der Waals surface area contributed by atoms with Gasteiger partial charge in [-0.15, -0.1) is 0 Å². The van der Waals surface area contributed by atoms with Gasteiger partial charge in [0.25, 0.3) is 0 Å². The first-order chi connectivity index (χ1) is 27.8. The molecule has 3 heteroatoms. The topological polar surface area (TPSA) is 29.3 Å². The number of fused-ring (bicyclic) bond motifs is 8. The summed E-state index contributed by atoms with van der Waals surface area (Å²) in [4.78, 5) is 7.34. The van der Waals surface area contributed by atoms with E-state index >= 15 is 0 Å². The average molecular weight is 715 g/mol. The predicted octanol–water partition coefficient (Wildman–Crippen LogP) is 14.9. The molecule has 0 bridgehead atoms. The lowest BCUT2D eigenvalue weighted by molar-refractivity contribution is 0.623. The van der Waals surface area contributed by atoms with Crippen LogP contribution in [0.15, 0.2) is 211 Å². The quantitative estimate of drug-likeness (QED) is 0.161. The Morgan fingerprint density at radius 3 is 1.86 bits per heavy atom. The Morgan fingerprint density at radius 2 is 1.04 bits per heavy atom. The molecule has 0 atom stereocenters. The molecular formula is C53H34N2O. The molecule has 10 aromatic carbocycles. The Hall–Kier alpha value is -7.49. The molecule has 3 nitrogen and oxygen atoms in total. The van der Waals surface area contributed by atoms with Crippen molar-refractivity contribution in [1.29, 1.82) is 0 Å². The fourth-order valence-corrected chi connectivity index (χ4v) is 8.40. The monoisotopic (exact) mass is 714 g/mol. The van der Waals surface area contributed by atoms with Crippen molar-refractivity contribution in [3.63, 3.8) is 0 Å². The van der Waals surface area contributed by atoms with E-state index in [1.807, 2.05) is 30.3 Å². The molecule has 1 aromatic heterocycles. The summed E-state index contributed by atoms with van der Waals surface area (Å²) in [6.07, 6.45) is 0. The molecule has 0 radical (unpaired) electrons. The number of hydrogen-bond acceptors (Lipinski definition) is 3. The van der Waals surface area contributed by atoms with Crippen molar-refractivity contribution in [1.82, 2.24) is 4.98 Å². The summed E-state index contributed by atoms with van der Waals surface area (Å²) < 4.78 is 6.64. The fourth-order valence-electron chi connectivity index (χ4n) is 8.40. The van der Waals surface area contributed by atoms with E-state index < -0.39 is 0 Å². The number of anilines is 3. The van der Waals surface area contributed by atoms with Crippen molar-refractivity contribution in [3.05, 3.63) is 206 Å². The Labute approximate surface area is 324 Å². The van der Waals surface area contributed by atoms with Gasteiger partial charge in [0.15, 0.2) is 5.58 Å². The second-order valence-electron chi connectivity index (χ2n) is 14.3. The Kier molecular flexibility index (Phi) is 7.49. The van der Waals surface area contributed by atoms with E-state index in [-0.39, 0.29) is 0 Å². The lowest BCUT2D eigenvalue weighted by atomic mass is 9.92. The van der Waals surface area contributed by atoms with Crippen molar-refractivity contribution in [2.75, 3.05) is 4.90 Å². The Balaban J connectivity index is 1.16. The van der Waals surface area contributed by atoms with E-state index in [1.54, 1.807) is 0 Å². The highest BCUT2D eigenvalue weighted by Crippen LogP contribution is 2.45.